The van der Waals surface area contributed by atoms with E-state index in [0.717, 1.165) is 6.42 Å². The quantitative estimate of drug-likeness (QED) is 0.810. The molecule has 1 saturated heterocycles. The van der Waals surface area contributed by atoms with Crippen molar-refractivity contribution in [2.45, 2.75) is 18.9 Å². The van der Waals surface area contributed by atoms with Gasteiger partial charge in [0.25, 0.3) is 11.8 Å². The molecule has 3 amide bonds. The van der Waals surface area contributed by atoms with Crippen LogP contribution in [0.4, 0.5) is 11.4 Å². The van der Waals surface area contributed by atoms with E-state index in [2.05, 4.69) is 10.6 Å². The van der Waals surface area contributed by atoms with Gasteiger partial charge in [-0.3, -0.25) is 14.4 Å². The van der Waals surface area contributed by atoms with Gasteiger partial charge in [0.15, 0.2) is 18.1 Å². The Labute approximate surface area is 167 Å². The molecule has 8 heteroatoms. The Morgan fingerprint density at radius 2 is 2.00 bits per heavy atom. The maximum absolute atomic E-state index is 12.9. The Balaban J connectivity index is 1.46. The van der Waals surface area contributed by atoms with Gasteiger partial charge in [-0.1, -0.05) is 12.1 Å². The van der Waals surface area contributed by atoms with Crippen molar-refractivity contribution in [1.29, 1.82) is 0 Å². The SMILES string of the molecule is COc1ccccc1OCC(=O)Nc1ccc2c(c1)C(=O)N1CCC[C@@H]1C(=O)N2. The molecule has 0 unspecified atom stereocenters. The number of benzene rings is 2. The van der Waals surface area contributed by atoms with Gasteiger partial charge in [-0.05, 0) is 43.2 Å². The molecule has 8 nitrogen and oxygen atoms in total. The first-order valence-corrected chi connectivity index (χ1v) is 9.38. The number of hydrogen-bond acceptors (Lipinski definition) is 5. The van der Waals surface area contributed by atoms with Crippen molar-refractivity contribution in [3.63, 3.8) is 0 Å². The molecule has 29 heavy (non-hydrogen) atoms. The van der Waals surface area contributed by atoms with Crippen LogP contribution in [0.5, 0.6) is 11.5 Å². The zero-order valence-electron chi connectivity index (χ0n) is 15.9. The van der Waals surface area contributed by atoms with Crippen LogP contribution in [0.25, 0.3) is 0 Å². The second-order valence-electron chi connectivity index (χ2n) is 6.89. The first-order chi connectivity index (χ1) is 14.1. The monoisotopic (exact) mass is 395 g/mol. The lowest BCUT2D eigenvalue weighted by Gasteiger charge is -2.20. The number of nitrogens with zero attached hydrogens (tertiary/aromatic N) is 1. The van der Waals surface area contributed by atoms with E-state index in [1.54, 1.807) is 41.3 Å². The molecule has 0 bridgehead atoms. The highest BCUT2D eigenvalue weighted by atomic mass is 16.5. The van der Waals surface area contributed by atoms with E-state index in [1.165, 1.54) is 7.11 Å². The van der Waals surface area contributed by atoms with E-state index in [1.807, 2.05) is 6.07 Å². The van der Waals surface area contributed by atoms with Gasteiger partial charge in [-0.25, -0.2) is 0 Å². The molecule has 0 aromatic heterocycles. The zero-order chi connectivity index (χ0) is 20.4. The zero-order valence-corrected chi connectivity index (χ0v) is 15.9. The minimum atomic E-state index is -0.429. The van der Waals surface area contributed by atoms with Gasteiger partial charge in [0.05, 0.1) is 18.4 Å². The van der Waals surface area contributed by atoms with Crippen molar-refractivity contribution in [3.8, 4) is 11.5 Å². The summed E-state index contributed by atoms with van der Waals surface area (Å²) < 4.78 is 10.7. The van der Waals surface area contributed by atoms with Crippen LogP contribution in [0.2, 0.25) is 0 Å². The molecule has 1 fully saturated rings. The number of carbonyl (C=O) groups is 3. The largest absolute Gasteiger partial charge is 0.493 e. The van der Waals surface area contributed by atoms with E-state index in [-0.39, 0.29) is 24.3 Å². The van der Waals surface area contributed by atoms with Crippen molar-refractivity contribution in [3.05, 3.63) is 48.0 Å². The predicted octanol–water partition coefficient (Wildman–Crippen LogP) is 2.27. The van der Waals surface area contributed by atoms with Crippen molar-refractivity contribution < 1.29 is 23.9 Å². The van der Waals surface area contributed by atoms with Gasteiger partial charge in [-0.2, -0.15) is 0 Å². The topological polar surface area (TPSA) is 97.0 Å². The van der Waals surface area contributed by atoms with Gasteiger partial charge < -0.3 is 25.0 Å². The molecular formula is C21H21N3O5. The molecule has 2 heterocycles. The summed E-state index contributed by atoms with van der Waals surface area (Å²) in [6.45, 7) is 0.343. The summed E-state index contributed by atoms with van der Waals surface area (Å²) in [6, 6.07) is 11.5. The van der Waals surface area contributed by atoms with Crippen molar-refractivity contribution in [1.82, 2.24) is 4.90 Å². The fourth-order valence-corrected chi connectivity index (χ4v) is 3.64. The van der Waals surface area contributed by atoms with Gasteiger partial charge in [0.1, 0.15) is 6.04 Å². The maximum atomic E-state index is 12.9. The molecule has 2 aliphatic rings. The molecular weight excluding hydrogens is 374 g/mol. The average molecular weight is 395 g/mol. The molecule has 150 valence electrons. The van der Waals surface area contributed by atoms with Crippen LogP contribution in [-0.2, 0) is 9.59 Å². The number of ether oxygens (including phenoxy) is 2. The Morgan fingerprint density at radius 3 is 2.79 bits per heavy atom. The normalized spacial score (nSPS) is 17.7. The van der Waals surface area contributed by atoms with Crippen LogP contribution in [-0.4, -0.2) is 48.9 Å². The van der Waals surface area contributed by atoms with Crippen LogP contribution in [0.3, 0.4) is 0 Å². The number of nitrogens with one attached hydrogen (secondary N) is 2. The maximum Gasteiger partial charge on any atom is 0.262 e. The van der Waals surface area contributed by atoms with Gasteiger partial charge >= 0.3 is 0 Å². The number of anilines is 2. The first kappa shape index (κ1) is 18.8. The highest BCUT2D eigenvalue weighted by Gasteiger charge is 2.38. The minimum Gasteiger partial charge on any atom is -0.493 e. The molecule has 0 radical (unpaired) electrons. The average Bonchev–Trinajstić information content (AvgIpc) is 3.20. The highest BCUT2D eigenvalue weighted by molar-refractivity contribution is 6.11. The van der Waals surface area contributed by atoms with Crippen LogP contribution < -0.4 is 20.1 Å². The third-order valence-corrected chi connectivity index (χ3v) is 5.04. The molecule has 0 saturated carbocycles. The summed E-state index contributed by atoms with van der Waals surface area (Å²) >= 11 is 0. The highest BCUT2D eigenvalue weighted by Crippen LogP contribution is 2.30. The summed E-state index contributed by atoms with van der Waals surface area (Å²) in [4.78, 5) is 39.1. The van der Waals surface area contributed by atoms with Gasteiger partial charge in [-0.15, -0.1) is 0 Å². The van der Waals surface area contributed by atoms with Crippen molar-refractivity contribution in [2.24, 2.45) is 0 Å². The molecule has 0 aliphatic carbocycles. The van der Waals surface area contributed by atoms with E-state index >= 15 is 0 Å². The number of amides is 3. The Hall–Kier alpha value is -3.55. The molecule has 0 spiro atoms. The lowest BCUT2D eigenvalue weighted by Crippen LogP contribution is -2.40. The lowest BCUT2D eigenvalue weighted by molar-refractivity contribution is -0.119. The van der Waals surface area contributed by atoms with Crippen LogP contribution in [0.15, 0.2) is 42.5 Å². The second-order valence-corrected chi connectivity index (χ2v) is 6.89. The molecule has 4 rings (SSSR count). The molecule has 2 aliphatic heterocycles. The molecule has 2 aromatic rings. The molecule has 2 N–H and O–H groups in total. The summed E-state index contributed by atoms with van der Waals surface area (Å²) in [7, 11) is 1.53. The number of carbonyl (C=O) groups excluding carboxylic acids is 3. The fraction of sp³-hybridized carbons (Fsp3) is 0.286. The first-order valence-electron chi connectivity index (χ1n) is 9.38. The third kappa shape index (κ3) is 3.73. The van der Waals surface area contributed by atoms with E-state index in [0.29, 0.717) is 41.4 Å². The van der Waals surface area contributed by atoms with Crippen LogP contribution in [0.1, 0.15) is 23.2 Å². The van der Waals surface area contributed by atoms with Crippen molar-refractivity contribution >= 4 is 29.1 Å². The van der Waals surface area contributed by atoms with Gasteiger partial charge in [0, 0.05) is 12.2 Å². The van der Waals surface area contributed by atoms with Crippen LogP contribution in [0, 0.1) is 0 Å². The third-order valence-electron chi connectivity index (χ3n) is 5.04. The van der Waals surface area contributed by atoms with Crippen molar-refractivity contribution in [2.75, 3.05) is 30.9 Å². The standard InChI is InChI=1S/C21H21N3O5/c1-28-17-6-2-3-7-18(17)29-12-19(25)22-13-8-9-15-14(11-13)21(27)24-10-4-5-16(24)20(26)23-15/h2-3,6-9,11,16H,4-5,10,12H2,1H3,(H,22,25)(H,23,26)/t16-/m1/s1. The summed E-state index contributed by atoms with van der Waals surface area (Å²) in [5, 5.41) is 5.53. The number of methoxy groups -OCH3 is 1. The number of para-hydroxylation sites is 2. The number of rotatable bonds is 5. The van der Waals surface area contributed by atoms with Crippen LogP contribution >= 0.6 is 0 Å². The van der Waals surface area contributed by atoms with E-state index in [9.17, 15) is 14.4 Å². The number of hydrogen-bond donors (Lipinski definition) is 2. The predicted molar refractivity (Wildman–Crippen MR) is 106 cm³/mol. The Bertz CT molecular complexity index is 975. The van der Waals surface area contributed by atoms with E-state index in [4.69, 9.17) is 9.47 Å². The van der Waals surface area contributed by atoms with E-state index < -0.39 is 6.04 Å². The Morgan fingerprint density at radius 1 is 1.21 bits per heavy atom. The number of fused-ring (bicyclic) bond motifs is 2. The Kier molecular flexibility index (Phi) is 5.07. The minimum absolute atomic E-state index is 0.170. The second kappa shape index (κ2) is 7.83. The van der Waals surface area contributed by atoms with Gasteiger partial charge in [0.2, 0.25) is 5.91 Å². The smallest absolute Gasteiger partial charge is 0.262 e. The lowest BCUT2D eigenvalue weighted by atomic mass is 10.1. The fourth-order valence-electron chi connectivity index (χ4n) is 3.64. The molecule has 2 aromatic carbocycles. The summed E-state index contributed by atoms with van der Waals surface area (Å²) in [6.07, 6.45) is 1.46. The molecule has 1 atom stereocenters. The summed E-state index contributed by atoms with van der Waals surface area (Å²) in [5.74, 6) is 0.246. The summed E-state index contributed by atoms with van der Waals surface area (Å²) in [5.41, 5.74) is 1.28.